The van der Waals surface area contributed by atoms with Crippen LogP contribution in [-0.4, -0.2) is 38.9 Å². The summed E-state index contributed by atoms with van der Waals surface area (Å²) in [6, 6.07) is 7.81. The topological polar surface area (TPSA) is 68.2 Å². The molecule has 32 heavy (non-hydrogen) atoms. The molecule has 2 aromatic heterocycles. The van der Waals surface area contributed by atoms with E-state index in [4.69, 9.17) is 9.72 Å². The molecule has 1 aliphatic rings. The number of aromatic nitrogens is 3. The Morgan fingerprint density at radius 3 is 2.88 bits per heavy atom. The van der Waals surface area contributed by atoms with Crippen molar-refractivity contribution in [2.24, 2.45) is 0 Å². The molecule has 0 N–H and O–H groups in total. The highest BCUT2D eigenvalue weighted by molar-refractivity contribution is 5.78. The van der Waals surface area contributed by atoms with Gasteiger partial charge < -0.3 is 9.64 Å². The van der Waals surface area contributed by atoms with Crippen molar-refractivity contribution in [3.05, 3.63) is 71.8 Å². The van der Waals surface area contributed by atoms with E-state index < -0.39 is 0 Å². The van der Waals surface area contributed by atoms with Crippen LogP contribution in [0.1, 0.15) is 48.8 Å². The van der Waals surface area contributed by atoms with Crippen molar-refractivity contribution in [3.63, 3.8) is 0 Å². The first kappa shape index (κ1) is 21.9. The second-order valence-corrected chi connectivity index (χ2v) is 8.06. The van der Waals surface area contributed by atoms with Crippen molar-refractivity contribution in [2.45, 2.75) is 45.6 Å². The fraction of sp³-hybridized carbons (Fsp3) is 0.360. The smallest absolute Gasteiger partial charge is 0.226 e. The van der Waals surface area contributed by atoms with Crippen LogP contribution in [0.3, 0.4) is 0 Å². The molecule has 3 heterocycles. The summed E-state index contributed by atoms with van der Waals surface area (Å²) in [6.07, 6.45) is 8.51. The number of rotatable bonds is 6. The second kappa shape index (κ2) is 9.85. The fourth-order valence-corrected chi connectivity index (χ4v) is 4.20. The molecule has 0 radical (unpaired) electrons. The summed E-state index contributed by atoms with van der Waals surface area (Å²) in [5, 5.41) is 0. The predicted molar refractivity (Wildman–Crippen MR) is 120 cm³/mol. The van der Waals surface area contributed by atoms with Crippen LogP contribution in [0, 0.1) is 19.7 Å². The third kappa shape index (κ3) is 4.93. The lowest BCUT2D eigenvalue weighted by Crippen LogP contribution is -2.39. The number of piperidine rings is 1. The molecule has 1 fully saturated rings. The average molecular weight is 435 g/mol. The minimum Gasteiger partial charge on any atom is -0.493 e. The van der Waals surface area contributed by atoms with Crippen LogP contribution in [0.5, 0.6) is 5.75 Å². The SMILES string of the molecule is Cc1ncc(-c2ccncc2C)c(C2CCCCN2C(=O)CCOc2cccc(F)c2)n1. The van der Waals surface area contributed by atoms with Crippen LogP contribution in [-0.2, 0) is 4.79 Å². The third-order valence-electron chi connectivity index (χ3n) is 5.77. The molecule has 1 saturated heterocycles. The molecule has 4 rings (SSSR count). The zero-order valence-corrected chi connectivity index (χ0v) is 18.4. The molecule has 0 aliphatic carbocycles. The van der Waals surface area contributed by atoms with Gasteiger partial charge in [-0.15, -0.1) is 0 Å². The number of likely N-dealkylation sites (tertiary alicyclic amines) is 1. The number of aryl methyl sites for hydroxylation is 2. The number of ether oxygens (including phenoxy) is 1. The Morgan fingerprint density at radius 2 is 2.06 bits per heavy atom. The summed E-state index contributed by atoms with van der Waals surface area (Å²) < 4.78 is 18.9. The highest BCUT2D eigenvalue weighted by Crippen LogP contribution is 2.36. The van der Waals surface area contributed by atoms with E-state index in [0.717, 1.165) is 41.6 Å². The summed E-state index contributed by atoms with van der Waals surface area (Å²) in [7, 11) is 0. The van der Waals surface area contributed by atoms with Crippen LogP contribution in [0.25, 0.3) is 11.1 Å². The van der Waals surface area contributed by atoms with Crippen molar-refractivity contribution in [3.8, 4) is 16.9 Å². The van der Waals surface area contributed by atoms with Gasteiger partial charge in [0.1, 0.15) is 17.4 Å². The Hall–Kier alpha value is -3.35. The van der Waals surface area contributed by atoms with Gasteiger partial charge in [-0.1, -0.05) is 6.07 Å². The number of benzene rings is 1. The Bertz CT molecular complexity index is 1100. The van der Waals surface area contributed by atoms with Crippen LogP contribution in [0.2, 0.25) is 0 Å². The Morgan fingerprint density at radius 1 is 1.19 bits per heavy atom. The first-order valence-corrected chi connectivity index (χ1v) is 11.0. The summed E-state index contributed by atoms with van der Waals surface area (Å²) >= 11 is 0. The lowest BCUT2D eigenvalue weighted by molar-refractivity contribution is -0.135. The highest BCUT2D eigenvalue weighted by atomic mass is 19.1. The maximum absolute atomic E-state index is 13.4. The number of hydrogen-bond acceptors (Lipinski definition) is 5. The maximum Gasteiger partial charge on any atom is 0.226 e. The molecule has 1 aliphatic heterocycles. The molecule has 6 nitrogen and oxygen atoms in total. The van der Waals surface area contributed by atoms with Gasteiger partial charge in [0.15, 0.2) is 0 Å². The second-order valence-electron chi connectivity index (χ2n) is 8.06. The van der Waals surface area contributed by atoms with E-state index in [1.165, 1.54) is 12.1 Å². The molecule has 1 amide bonds. The van der Waals surface area contributed by atoms with E-state index >= 15 is 0 Å². The van der Waals surface area contributed by atoms with Gasteiger partial charge in [0, 0.05) is 36.8 Å². The van der Waals surface area contributed by atoms with E-state index in [2.05, 4.69) is 9.97 Å². The maximum atomic E-state index is 13.4. The quantitative estimate of drug-likeness (QED) is 0.557. The minimum absolute atomic E-state index is 0.0137. The van der Waals surface area contributed by atoms with E-state index in [0.29, 0.717) is 18.1 Å². The van der Waals surface area contributed by atoms with E-state index in [1.807, 2.05) is 37.2 Å². The van der Waals surface area contributed by atoms with E-state index in [1.54, 1.807) is 18.3 Å². The molecular formula is C25H27FN4O2. The van der Waals surface area contributed by atoms with Gasteiger partial charge in [-0.3, -0.25) is 9.78 Å². The van der Waals surface area contributed by atoms with Gasteiger partial charge in [-0.25, -0.2) is 14.4 Å². The molecule has 166 valence electrons. The number of carbonyl (C=O) groups excluding carboxylic acids is 1. The predicted octanol–water partition coefficient (Wildman–Crippen LogP) is 4.82. The fourth-order valence-electron chi connectivity index (χ4n) is 4.20. The number of pyridine rings is 1. The number of nitrogens with zero attached hydrogens (tertiary/aromatic N) is 4. The van der Waals surface area contributed by atoms with Crippen molar-refractivity contribution in [1.29, 1.82) is 0 Å². The van der Waals surface area contributed by atoms with Crippen molar-refractivity contribution >= 4 is 5.91 Å². The largest absolute Gasteiger partial charge is 0.493 e. The lowest BCUT2D eigenvalue weighted by atomic mass is 9.92. The number of amides is 1. The summed E-state index contributed by atoms with van der Waals surface area (Å²) in [6.45, 7) is 4.76. The first-order valence-electron chi connectivity index (χ1n) is 11.0. The molecule has 1 unspecified atom stereocenters. The Balaban J connectivity index is 1.55. The zero-order chi connectivity index (χ0) is 22.5. The normalized spacial score (nSPS) is 16.1. The van der Waals surface area contributed by atoms with Gasteiger partial charge in [-0.2, -0.15) is 0 Å². The number of carbonyl (C=O) groups is 1. The van der Waals surface area contributed by atoms with Gasteiger partial charge in [-0.05, 0) is 62.4 Å². The molecule has 7 heteroatoms. The van der Waals surface area contributed by atoms with Crippen LogP contribution < -0.4 is 4.74 Å². The van der Waals surface area contributed by atoms with Crippen LogP contribution in [0.15, 0.2) is 48.9 Å². The monoisotopic (exact) mass is 434 g/mol. The van der Waals surface area contributed by atoms with Crippen LogP contribution in [0.4, 0.5) is 4.39 Å². The third-order valence-corrected chi connectivity index (χ3v) is 5.77. The summed E-state index contributed by atoms with van der Waals surface area (Å²) in [4.78, 5) is 28.5. The molecular weight excluding hydrogens is 407 g/mol. The molecule has 3 aromatic rings. The average Bonchev–Trinajstić information content (AvgIpc) is 2.79. The lowest BCUT2D eigenvalue weighted by Gasteiger charge is -2.36. The standard InChI is InChI=1S/C25H27FN4O2/c1-17-15-27-11-9-21(17)22-16-28-18(2)29-25(22)23-8-3-4-12-30(23)24(31)10-13-32-20-7-5-6-19(26)14-20/h5-7,9,11,14-16,23H,3-4,8,10,12-13H2,1-2H3. The molecule has 1 atom stereocenters. The van der Waals surface area contributed by atoms with E-state index in [-0.39, 0.29) is 30.8 Å². The van der Waals surface area contributed by atoms with Gasteiger partial charge >= 0.3 is 0 Å². The van der Waals surface area contributed by atoms with Gasteiger partial charge in [0.2, 0.25) is 5.91 Å². The van der Waals surface area contributed by atoms with Gasteiger partial charge in [0.05, 0.1) is 24.8 Å². The van der Waals surface area contributed by atoms with Crippen LogP contribution >= 0.6 is 0 Å². The Labute approximate surface area is 187 Å². The first-order chi connectivity index (χ1) is 15.5. The molecule has 0 spiro atoms. The highest BCUT2D eigenvalue weighted by Gasteiger charge is 2.31. The Kier molecular flexibility index (Phi) is 6.73. The van der Waals surface area contributed by atoms with Gasteiger partial charge in [0.25, 0.3) is 0 Å². The molecule has 0 bridgehead atoms. The molecule has 0 saturated carbocycles. The summed E-state index contributed by atoms with van der Waals surface area (Å²) in [5.41, 5.74) is 3.89. The van der Waals surface area contributed by atoms with Crippen molar-refractivity contribution in [1.82, 2.24) is 19.9 Å². The number of halogens is 1. The molecule has 1 aromatic carbocycles. The number of hydrogen-bond donors (Lipinski definition) is 0. The summed E-state index contributed by atoms with van der Waals surface area (Å²) in [5.74, 6) is 0.764. The van der Waals surface area contributed by atoms with E-state index in [9.17, 15) is 9.18 Å². The van der Waals surface area contributed by atoms with Crippen molar-refractivity contribution < 1.29 is 13.9 Å². The van der Waals surface area contributed by atoms with Crippen molar-refractivity contribution in [2.75, 3.05) is 13.2 Å². The minimum atomic E-state index is -0.358. The zero-order valence-electron chi connectivity index (χ0n) is 18.4.